The van der Waals surface area contributed by atoms with Gasteiger partial charge in [0.15, 0.2) is 6.10 Å². The van der Waals surface area contributed by atoms with E-state index in [-0.39, 0.29) is 5.69 Å². The topological polar surface area (TPSA) is 77.5 Å². The van der Waals surface area contributed by atoms with Gasteiger partial charge in [0.2, 0.25) is 0 Å². The number of nitrogens with zero attached hydrogens (tertiary/aromatic N) is 1. The molecular formula is C17H17ClN2O4. The molecular weight excluding hydrogens is 332 g/mol. The number of hydrogen-bond acceptors (Lipinski definition) is 5. The number of hydrogen-bond donors (Lipinski definition) is 1. The summed E-state index contributed by atoms with van der Waals surface area (Å²) in [7, 11) is 0. The molecule has 1 aromatic carbocycles. The average Bonchev–Trinajstić information content (AvgIpc) is 2.56. The van der Waals surface area contributed by atoms with Gasteiger partial charge in [-0.3, -0.25) is 4.79 Å². The van der Waals surface area contributed by atoms with E-state index in [0.717, 1.165) is 0 Å². The van der Waals surface area contributed by atoms with Crippen LogP contribution in [-0.2, 0) is 9.53 Å². The second-order valence-corrected chi connectivity index (χ2v) is 5.29. The van der Waals surface area contributed by atoms with Crippen LogP contribution in [0.2, 0.25) is 5.02 Å². The van der Waals surface area contributed by atoms with Crippen LogP contribution in [0.4, 0.5) is 5.69 Å². The average molecular weight is 349 g/mol. The SMILES string of the molecule is CCOc1ccc(NC(=O)[C@@H](C)OC(=O)c2cc(Cl)ccn2)cc1. The van der Waals surface area contributed by atoms with Gasteiger partial charge < -0.3 is 14.8 Å². The molecule has 0 aliphatic carbocycles. The van der Waals surface area contributed by atoms with Gasteiger partial charge in [-0.25, -0.2) is 9.78 Å². The van der Waals surface area contributed by atoms with E-state index in [1.807, 2.05) is 6.92 Å². The van der Waals surface area contributed by atoms with E-state index < -0.39 is 18.0 Å². The van der Waals surface area contributed by atoms with E-state index in [4.69, 9.17) is 21.1 Å². The first kappa shape index (κ1) is 17.7. The maximum Gasteiger partial charge on any atom is 0.357 e. The van der Waals surface area contributed by atoms with E-state index in [9.17, 15) is 9.59 Å². The normalized spacial score (nSPS) is 11.5. The number of esters is 1. The van der Waals surface area contributed by atoms with E-state index >= 15 is 0 Å². The Morgan fingerprint density at radius 1 is 1.25 bits per heavy atom. The first-order valence-electron chi connectivity index (χ1n) is 7.36. The Morgan fingerprint density at radius 3 is 2.58 bits per heavy atom. The standard InChI is InChI=1S/C17H17ClN2O4/c1-3-23-14-6-4-13(5-7-14)20-16(21)11(2)24-17(22)15-10-12(18)8-9-19-15/h4-11H,3H2,1-2H3,(H,20,21)/t11-/m1/s1. The third-order valence-electron chi connectivity index (χ3n) is 3.02. The minimum absolute atomic E-state index is 0.0446. The Labute approximate surface area is 144 Å². The van der Waals surface area contributed by atoms with Crippen molar-refractivity contribution in [3.8, 4) is 5.75 Å². The molecule has 1 amide bonds. The number of anilines is 1. The number of rotatable bonds is 6. The highest BCUT2D eigenvalue weighted by Crippen LogP contribution is 2.16. The van der Waals surface area contributed by atoms with Crippen LogP contribution in [0.3, 0.4) is 0 Å². The molecule has 1 heterocycles. The zero-order valence-corrected chi connectivity index (χ0v) is 14.0. The van der Waals surface area contributed by atoms with Gasteiger partial charge in [-0.15, -0.1) is 0 Å². The molecule has 0 saturated carbocycles. The van der Waals surface area contributed by atoms with E-state index in [0.29, 0.717) is 23.1 Å². The summed E-state index contributed by atoms with van der Waals surface area (Å²) in [5.74, 6) is -0.455. The molecule has 2 aromatic rings. The van der Waals surface area contributed by atoms with Crippen LogP contribution in [0.5, 0.6) is 5.75 Å². The Morgan fingerprint density at radius 2 is 1.96 bits per heavy atom. The minimum atomic E-state index is -0.982. The van der Waals surface area contributed by atoms with Crippen molar-refractivity contribution in [2.45, 2.75) is 20.0 Å². The predicted molar refractivity (Wildman–Crippen MR) is 90.4 cm³/mol. The van der Waals surface area contributed by atoms with Crippen LogP contribution < -0.4 is 10.1 Å². The van der Waals surface area contributed by atoms with Crippen LogP contribution in [-0.4, -0.2) is 29.6 Å². The molecule has 0 aliphatic rings. The van der Waals surface area contributed by atoms with Gasteiger partial charge in [0.1, 0.15) is 11.4 Å². The molecule has 1 atom stereocenters. The summed E-state index contributed by atoms with van der Waals surface area (Å²) >= 11 is 5.79. The van der Waals surface area contributed by atoms with Crippen molar-refractivity contribution in [1.82, 2.24) is 4.98 Å². The third kappa shape index (κ3) is 4.96. The number of ether oxygens (including phenoxy) is 2. The van der Waals surface area contributed by atoms with Crippen molar-refractivity contribution in [2.24, 2.45) is 0 Å². The zero-order valence-electron chi connectivity index (χ0n) is 13.3. The Balaban J connectivity index is 1.93. The highest BCUT2D eigenvalue weighted by molar-refractivity contribution is 6.30. The quantitative estimate of drug-likeness (QED) is 0.810. The highest BCUT2D eigenvalue weighted by Gasteiger charge is 2.20. The molecule has 2 rings (SSSR count). The van der Waals surface area contributed by atoms with Gasteiger partial charge in [-0.05, 0) is 50.2 Å². The van der Waals surface area contributed by atoms with Crippen molar-refractivity contribution in [2.75, 3.05) is 11.9 Å². The number of carbonyl (C=O) groups is 2. The number of amides is 1. The molecule has 24 heavy (non-hydrogen) atoms. The lowest BCUT2D eigenvalue weighted by Gasteiger charge is -2.13. The maximum absolute atomic E-state index is 12.1. The van der Waals surface area contributed by atoms with Crippen molar-refractivity contribution in [3.05, 3.63) is 53.3 Å². The Hall–Kier alpha value is -2.60. The monoisotopic (exact) mass is 348 g/mol. The highest BCUT2D eigenvalue weighted by atomic mass is 35.5. The van der Waals surface area contributed by atoms with Crippen molar-refractivity contribution in [3.63, 3.8) is 0 Å². The fourth-order valence-corrected chi connectivity index (χ4v) is 2.00. The molecule has 0 bridgehead atoms. The lowest BCUT2D eigenvalue weighted by molar-refractivity contribution is -0.123. The second-order valence-electron chi connectivity index (χ2n) is 4.85. The summed E-state index contributed by atoms with van der Waals surface area (Å²) in [6.45, 7) is 3.93. The van der Waals surface area contributed by atoms with Crippen molar-refractivity contribution >= 4 is 29.2 Å². The molecule has 0 unspecified atom stereocenters. The predicted octanol–water partition coefficient (Wildman–Crippen LogP) is 3.32. The molecule has 6 nitrogen and oxygen atoms in total. The lowest BCUT2D eigenvalue weighted by atomic mass is 10.3. The van der Waals surface area contributed by atoms with Crippen molar-refractivity contribution in [1.29, 1.82) is 0 Å². The molecule has 0 aliphatic heterocycles. The number of carbonyl (C=O) groups excluding carboxylic acids is 2. The van der Waals surface area contributed by atoms with Gasteiger partial charge >= 0.3 is 5.97 Å². The van der Waals surface area contributed by atoms with E-state index in [1.165, 1.54) is 19.2 Å². The largest absolute Gasteiger partial charge is 0.494 e. The summed E-state index contributed by atoms with van der Waals surface area (Å²) in [4.78, 5) is 27.9. The molecule has 126 valence electrons. The fraction of sp³-hybridized carbons (Fsp3) is 0.235. The van der Waals surface area contributed by atoms with Gasteiger partial charge in [0.25, 0.3) is 5.91 Å². The molecule has 1 aromatic heterocycles. The van der Waals surface area contributed by atoms with Gasteiger partial charge in [0, 0.05) is 16.9 Å². The van der Waals surface area contributed by atoms with Gasteiger partial charge in [0.05, 0.1) is 6.61 Å². The number of halogens is 1. The summed E-state index contributed by atoms with van der Waals surface area (Å²) in [6.07, 6.45) is 0.411. The minimum Gasteiger partial charge on any atom is -0.494 e. The molecule has 1 N–H and O–H groups in total. The number of pyridine rings is 1. The van der Waals surface area contributed by atoms with Crippen molar-refractivity contribution < 1.29 is 19.1 Å². The first-order chi connectivity index (χ1) is 11.5. The zero-order chi connectivity index (χ0) is 17.5. The number of aromatic nitrogens is 1. The van der Waals surface area contributed by atoms with Crippen LogP contribution in [0.1, 0.15) is 24.3 Å². The fourth-order valence-electron chi connectivity index (χ4n) is 1.84. The Bertz CT molecular complexity index is 719. The number of nitrogens with one attached hydrogen (secondary N) is 1. The van der Waals surface area contributed by atoms with Crippen LogP contribution in [0.15, 0.2) is 42.6 Å². The third-order valence-corrected chi connectivity index (χ3v) is 3.25. The van der Waals surface area contributed by atoms with Gasteiger partial charge in [-0.1, -0.05) is 11.6 Å². The maximum atomic E-state index is 12.1. The van der Waals surface area contributed by atoms with Crippen LogP contribution in [0.25, 0.3) is 0 Å². The molecule has 7 heteroatoms. The molecule has 0 spiro atoms. The number of benzene rings is 1. The molecule has 0 saturated heterocycles. The second kappa shape index (κ2) is 8.31. The summed E-state index contributed by atoms with van der Waals surface area (Å²) in [5, 5.41) is 3.03. The van der Waals surface area contributed by atoms with Crippen LogP contribution >= 0.6 is 11.6 Å². The first-order valence-corrected chi connectivity index (χ1v) is 7.73. The van der Waals surface area contributed by atoms with Crippen LogP contribution in [0, 0.1) is 0 Å². The summed E-state index contributed by atoms with van der Waals surface area (Å²) in [5.41, 5.74) is 0.621. The molecule has 0 radical (unpaired) electrons. The smallest absolute Gasteiger partial charge is 0.357 e. The summed E-state index contributed by atoms with van der Waals surface area (Å²) in [6, 6.07) is 9.81. The molecule has 0 fully saturated rings. The Kier molecular flexibility index (Phi) is 6.14. The van der Waals surface area contributed by atoms with Gasteiger partial charge in [-0.2, -0.15) is 0 Å². The van der Waals surface area contributed by atoms with E-state index in [1.54, 1.807) is 30.3 Å². The lowest BCUT2D eigenvalue weighted by Crippen LogP contribution is -2.30. The van der Waals surface area contributed by atoms with E-state index in [2.05, 4.69) is 10.3 Å². The summed E-state index contributed by atoms with van der Waals surface area (Å²) < 4.78 is 10.4.